The van der Waals surface area contributed by atoms with Crippen molar-refractivity contribution in [3.8, 4) is 0 Å². The summed E-state index contributed by atoms with van der Waals surface area (Å²) in [6.07, 6.45) is 45.0. The normalized spacial score (nSPS) is 12.4. The SMILES string of the molecule is CCCCCCCCCCCCCCCCCCNC(CC)CCCCCCCCCCCCCCC. The predicted molar refractivity (Wildman–Crippen MR) is 172 cm³/mol. The van der Waals surface area contributed by atoms with Gasteiger partial charge in [0.05, 0.1) is 0 Å². The highest BCUT2D eigenvalue weighted by Crippen LogP contribution is 2.15. The third-order valence-electron chi connectivity index (χ3n) is 8.61. The molecule has 0 radical (unpaired) electrons. The maximum atomic E-state index is 3.86. The van der Waals surface area contributed by atoms with Crippen LogP contribution in [0.4, 0.5) is 0 Å². The van der Waals surface area contributed by atoms with Crippen molar-refractivity contribution >= 4 is 0 Å². The van der Waals surface area contributed by atoms with Crippen LogP contribution in [-0.2, 0) is 0 Å². The quantitative estimate of drug-likeness (QED) is 0.0846. The molecule has 0 heterocycles. The van der Waals surface area contributed by atoms with Gasteiger partial charge in [0.25, 0.3) is 0 Å². The highest BCUT2D eigenvalue weighted by molar-refractivity contribution is 4.65. The minimum absolute atomic E-state index is 0.768. The first-order valence-electron chi connectivity index (χ1n) is 18.1. The second-order valence-electron chi connectivity index (χ2n) is 12.4. The van der Waals surface area contributed by atoms with Crippen molar-refractivity contribution in [2.75, 3.05) is 6.54 Å². The number of unbranched alkanes of at least 4 members (excludes halogenated alkanes) is 27. The van der Waals surface area contributed by atoms with Gasteiger partial charge >= 0.3 is 0 Å². The van der Waals surface area contributed by atoms with E-state index in [4.69, 9.17) is 0 Å². The lowest BCUT2D eigenvalue weighted by atomic mass is 10.0. The molecule has 0 aliphatic carbocycles. The summed E-state index contributed by atoms with van der Waals surface area (Å²) in [4.78, 5) is 0. The minimum atomic E-state index is 0.768. The Bertz CT molecular complexity index is 379. The van der Waals surface area contributed by atoms with E-state index in [1.54, 1.807) is 0 Å². The van der Waals surface area contributed by atoms with Crippen molar-refractivity contribution in [3.05, 3.63) is 0 Å². The molecular formula is C36H75N. The maximum Gasteiger partial charge on any atom is 0.00644 e. The number of nitrogens with one attached hydrogen (secondary N) is 1. The molecule has 0 aliphatic rings. The second-order valence-corrected chi connectivity index (χ2v) is 12.4. The van der Waals surface area contributed by atoms with Gasteiger partial charge in [0.15, 0.2) is 0 Å². The summed E-state index contributed by atoms with van der Waals surface area (Å²) >= 11 is 0. The highest BCUT2D eigenvalue weighted by Gasteiger charge is 2.05. The molecule has 0 saturated carbocycles. The molecule has 37 heavy (non-hydrogen) atoms. The van der Waals surface area contributed by atoms with Crippen LogP contribution in [0.15, 0.2) is 0 Å². The first kappa shape index (κ1) is 37.0. The molecule has 0 bridgehead atoms. The molecule has 1 unspecified atom stereocenters. The number of hydrogen-bond acceptors (Lipinski definition) is 1. The summed E-state index contributed by atoms with van der Waals surface area (Å²) in [6.45, 7) is 8.23. The fourth-order valence-electron chi connectivity index (χ4n) is 5.84. The smallest absolute Gasteiger partial charge is 0.00644 e. The van der Waals surface area contributed by atoms with E-state index in [1.165, 1.54) is 206 Å². The summed E-state index contributed by atoms with van der Waals surface area (Å²) in [5, 5.41) is 3.86. The lowest BCUT2D eigenvalue weighted by Crippen LogP contribution is -2.29. The molecule has 0 amide bonds. The Morgan fingerprint density at radius 2 is 0.595 bits per heavy atom. The Labute approximate surface area is 237 Å². The van der Waals surface area contributed by atoms with Gasteiger partial charge in [-0.15, -0.1) is 0 Å². The van der Waals surface area contributed by atoms with E-state index in [0.717, 1.165) is 6.04 Å². The van der Waals surface area contributed by atoms with Crippen LogP contribution in [-0.4, -0.2) is 12.6 Å². The molecule has 0 aromatic carbocycles. The van der Waals surface area contributed by atoms with Crippen molar-refractivity contribution in [2.45, 2.75) is 226 Å². The molecule has 0 aromatic heterocycles. The molecule has 1 nitrogen and oxygen atoms in total. The molecule has 1 atom stereocenters. The van der Waals surface area contributed by atoms with Crippen LogP contribution in [0.25, 0.3) is 0 Å². The predicted octanol–water partition coefficient (Wildman–Crippen LogP) is 13.1. The average molecular weight is 522 g/mol. The van der Waals surface area contributed by atoms with E-state index in [2.05, 4.69) is 26.1 Å². The summed E-state index contributed by atoms with van der Waals surface area (Å²) in [7, 11) is 0. The van der Waals surface area contributed by atoms with E-state index < -0.39 is 0 Å². The van der Waals surface area contributed by atoms with Crippen LogP contribution >= 0.6 is 0 Å². The molecule has 0 rings (SSSR count). The topological polar surface area (TPSA) is 12.0 Å². The van der Waals surface area contributed by atoms with Crippen molar-refractivity contribution < 1.29 is 0 Å². The summed E-state index contributed by atoms with van der Waals surface area (Å²) in [6, 6.07) is 0.768. The molecule has 0 aliphatic heterocycles. The van der Waals surface area contributed by atoms with Crippen molar-refractivity contribution in [1.29, 1.82) is 0 Å². The minimum Gasteiger partial charge on any atom is -0.314 e. The zero-order chi connectivity index (χ0) is 26.9. The van der Waals surface area contributed by atoms with E-state index >= 15 is 0 Å². The van der Waals surface area contributed by atoms with Gasteiger partial charge in [-0.25, -0.2) is 0 Å². The lowest BCUT2D eigenvalue weighted by molar-refractivity contribution is 0.431. The molecule has 1 N–H and O–H groups in total. The van der Waals surface area contributed by atoms with Crippen LogP contribution in [0.3, 0.4) is 0 Å². The van der Waals surface area contributed by atoms with E-state index in [-0.39, 0.29) is 0 Å². The van der Waals surface area contributed by atoms with Crippen LogP contribution in [0.2, 0.25) is 0 Å². The van der Waals surface area contributed by atoms with Crippen molar-refractivity contribution in [1.82, 2.24) is 5.32 Å². The largest absolute Gasteiger partial charge is 0.314 e. The van der Waals surface area contributed by atoms with E-state index in [1.807, 2.05) is 0 Å². The van der Waals surface area contributed by atoms with Crippen LogP contribution in [0, 0.1) is 0 Å². The molecule has 224 valence electrons. The number of rotatable bonds is 33. The third-order valence-corrected chi connectivity index (χ3v) is 8.61. The Morgan fingerprint density at radius 3 is 0.892 bits per heavy atom. The lowest BCUT2D eigenvalue weighted by Gasteiger charge is -2.17. The molecule has 0 fully saturated rings. The van der Waals surface area contributed by atoms with Gasteiger partial charge in [-0.05, 0) is 25.8 Å². The van der Waals surface area contributed by atoms with Gasteiger partial charge < -0.3 is 5.32 Å². The first-order valence-corrected chi connectivity index (χ1v) is 18.1. The van der Waals surface area contributed by atoms with Crippen molar-refractivity contribution in [2.24, 2.45) is 0 Å². The summed E-state index contributed by atoms with van der Waals surface area (Å²) < 4.78 is 0. The van der Waals surface area contributed by atoms with Gasteiger partial charge in [-0.2, -0.15) is 0 Å². The first-order chi connectivity index (χ1) is 18.3. The van der Waals surface area contributed by atoms with Gasteiger partial charge in [-0.1, -0.05) is 201 Å². The van der Waals surface area contributed by atoms with E-state index in [9.17, 15) is 0 Å². The fraction of sp³-hybridized carbons (Fsp3) is 1.00. The van der Waals surface area contributed by atoms with Gasteiger partial charge in [0.2, 0.25) is 0 Å². The highest BCUT2D eigenvalue weighted by atomic mass is 14.9. The Morgan fingerprint density at radius 1 is 0.324 bits per heavy atom. The molecule has 1 heteroatoms. The van der Waals surface area contributed by atoms with Gasteiger partial charge in [-0.3, -0.25) is 0 Å². The van der Waals surface area contributed by atoms with Crippen LogP contribution in [0.1, 0.15) is 220 Å². The average Bonchev–Trinajstić information content (AvgIpc) is 2.91. The Hall–Kier alpha value is -0.0400. The third kappa shape index (κ3) is 32.1. The molecule has 0 spiro atoms. The van der Waals surface area contributed by atoms with Gasteiger partial charge in [0, 0.05) is 6.04 Å². The van der Waals surface area contributed by atoms with Crippen molar-refractivity contribution in [3.63, 3.8) is 0 Å². The van der Waals surface area contributed by atoms with E-state index in [0.29, 0.717) is 0 Å². The fourth-order valence-corrected chi connectivity index (χ4v) is 5.84. The standard InChI is InChI=1S/C36H75N/c1-4-7-9-11-13-15-17-19-20-21-23-25-27-29-31-33-35-37-36(6-3)34-32-30-28-26-24-22-18-16-14-12-10-8-5-2/h36-37H,4-35H2,1-3H3. The number of hydrogen-bond donors (Lipinski definition) is 1. The monoisotopic (exact) mass is 522 g/mol. The zero-order valence-corrected chi connectivity index (χ0v) is 26.7. The second kappa shape index (κ2) is 34.0. The summed E-state index contributed by atoms with van der Waals surface area (Å²) in [5.74, 6) is 0. The molecule has 0 saturated heterocycles. The molecular weight excluding hydrogens is 446 g/mol. The van der Waals surface area contributed by atoms with Crippen LogP contribution < -0.4 is 5.32 Å². The Balaban J connectivity index is 3.25. The maximum absolute atomic E-state index is 3.86. The Kier molecular flexibility index (Phi) is 34.0. The van der Waals surface area contributed by atoms with Gasteiger partial charge in [0.1, 0.15) is 0 Å². The van der Waals surface area contributed by atoms with Crippen LogP contribution in [0.5, 0.6) is 0 Å². The molecule has 0 aromatic rings. The zero-order valence-electron chi connectivity index (χ0n) is 26.7. The summed E-state index contributed by atoms with van der Waals surface area (Å²) in [5.41, 5.74) is 0.